The van der Waals surface area contributed by atoms with Crippen molar-refractivity contribution in [2.24, 2.45) is 0 Å². The molecular formula is C20H20F3N5O3. The first-order valence-corrected chi connectivity index (χ1v) is 9.65. The number of fused-ring (bicyclic) bond motifs is 1. The Morgan fingerprint density at radius 3 is 2.71 bits per heavy atom. The fraction of sp³-hybridized carbons (Fsp3) is 0.350. The van der Waals surface area contributed by atoms with Crippen molar-refractivity contribution in [1.29, 1.82) is 0 Å². The molecule has 1 aliphatic heterocycles. The van der Waals surface area contributed by atoms with Gasteiger partial charge in [0, 0.05) is 37.4 Å². The van der Waals surface area contributed by atoms with Gasteiger partial charge in [-0.2, -0.15) is 13.2 Å². The quantitative estimate of drug-likeness (QED) is 0.655. The highest BCUT2D eigenvalue weighted by Crippen LogP contribution is 2.31. The van der Waals surface area contributed by atoms with E-state index in [4.69, 9.17) is 4.42 Å². The zero-order valence-corrected chi connectivity index (χ0v) is 16.6. The summed E-state index contributed by atoms with van der Waals surface area (Å²) in [7, 11) is 0. The van der Waals surface area contributed by atoms with E-state index in [-0.39, 0.29) is 18.5 Å². The van der Waals surface area contributed by atoms with Gasteiger partial charge in [0.25, 0.3) is 0 Å². The zero-order chi connectivity index (χ0) is 22.2. The van der Waals surface area contributed by atoms with E-state index in [1.54, 1.807) is 11.0 Å². The summed E-state index contributed by atoms with van der Waals surface area (Å²) in [5, 5.41) is 2.98. The fourth-order valence-electron chi connectivity index (χ4n) is 3.64. The molecule has 0 bridgehead atoms. The van der Waals surface area contributed by atoms with Crippen LogP contribution in [0.15, 0.2) is 45.7 Å². The van der Waals surface area contributed by atoms with Crippen LogP contribution in [0.2, 0.25) is 0 Å². The van der Waals surface area contributed by atoms with E-state index in [1.165, 1.54) is 18.3 Å². The summed E-state index contributed by atoms with van der Waals surface area (Å²) in [6.07, 6.45) is -2.87. The number of rotatable bonds is 4. The Kier molecular flexibility index (Phi) is 5.34. The predicted octanol–water partition coefficient (Wildman–Crippen LogP) is 2.68. The largest absolute Gasteiger partial charge is 0.418 e. The Balaban J connectivity index is 1.34. The van der Waals surface area contributed by atoms with Gasteiger partial charge >= 0.3 is 11.9 Å². The van der Waals surface area contributed by atoms with Gasteiger partial charge in [0.05, 0.1) is 24.0 Å². The van der Waals surface area contributed by atoms with Gasteiger partial charge in [-0.1, -0.05) is 0 Å². The van der Waals surface area contributed by atoms with Crippen molar-refractivity contribution >= 4 is 28.5 Å². The molecule has 1 aromatic carbocycles. The third-order valence-electron chi connectivity index (χ3n) is 5.23. The lowest BCUT2D eigenvalue weighted by atomic mass is 10.1. The Labute approximate surface area is 174 Å². The van der Waals surface area contributed by atoms with E-state index >= 15 is 0 Å². The molecular weight excluding hydrogens is 415 g/mol. The lowest BCUT2D eigenvalue weighted by Crippen LogP contribution is -2.55. The van der Waals surface area contributed by atoms with Gasteiger partial charge in [-0.05, 0) is 31.2 Å². The summed E-state index contributed by atoms with van der Waals surface area (Å²) < 4.78 is 43.2. The number of amides is 1. The summed E-state index contributed by atoms with van der Waals surface area (Å²) in [6.45, 7) is 3.41. The number of hydrogen-bond donors (Lipinski definition) is 2. The van der Waals surface area contributed by atoms with Gasteiger partial charge in [0.15, 0.2) is 11.2 Å². The number of benzene rings is 1. The number of piperazine rings is 1. The molecule has 8 nitrogen and oxygen atoms in total. The van der Waals surface area contributed by atoms with Crippen LogP contribution in [0.25, 0.3) is 11.2 Å². The van der Waals surface area contributed by atoms with Gasteiger partial charge < -0.3 is 19.5 Å². The first-order valence-electron chi connectivity index (χ1n) is 9.65. The van der Waals surface area contributed by atoms with E-state index < -0.39 is 17.5 Å². The summed E-state index contributed by atoms with van der Waals surface area (Å²) in [5.74, 6) is -0.717. The maximum absolute atomic E-state index is 12.7. The number of anilines is 2. The minimum atomic E-state index is -4.36. The first-order chi connectivity index (χ1) is 14.7. The number of oxazole rings is 1. The number of nitrogens with zero attached hydrogens (tertiary/aromatic N) is 3. The Morgan fingerprint density at radius 1 is 1.29 bits per heavy atom. The van der Waals surface area contributed by atoms with Crippen LogP contribution in [0.4, 0.5) is 24.5 Å². The van der Waals surface area contributed by atoms with Crippen molar-refractivity contribution in [3.63, 3.8) is 0 Å². The van der Waals surface area contributed by atoms with Gasteiger partial charge in [-0.25, -0.2) is 9.78 Å². The molecule has 2 aromatic heterocycles. The average molecular weight is 435 g/mol. The van der Waals surface area contributed by atoms with E-state index in [9.17, 15) is 22.8 Å². The van der Waals surface area contributed by atoms with Gasteiger partial charge in [-0.3, -0.25) is 9.78 Å². The van der Waals surface area contributed by atoms with Crippen molar-refractivity contribution in [1.82, 2.24) is 14.9 Å². The molecule has 1 saturated heterocycles. The van der Waals surface area contributed by atoms with Crippen molar-refractivity contribution < 1.29 is 22.4 Å². The van der Waals surface area contributed by atoms with Crippen LogP contribution in [0.1, 0.15) is 12.5 Å². The molecule has 2 N–H and O–H groups in total. The van der Waals surface area contributed by atoms with Crippen LogP contribution < -0.4 is 16.0 Å². The van der Waals surface area contributed by atoms with E-state index in [2.05, 4.69) is 15.3 Å². The molecule has 4 rings (SSSR count). The maximum atomic E-state index is 12.7. The molecule has 3 aromatic rings. The number of H-pyrrole nitrogens is 1. The second-order valence-electron chi connectivity index (χ2n) is 7.37. The molecule has 1 fully saturated rings. The highest BCUT2D eigenvalue weighted by atomic mass is 19.4. The number of nitrogens with one attached hydrogen (secondary N) is 2. The molecule has 0 aliphatic carbocycles. The minimum absolute atomic E-state index is 0.0342. The van der Waals surface area contributed by atoms with E-state index in [0.717, 1.165) is 12.1 Å². The number of halogens is 3. The summed E-state index contributed by atoms with van der Waals surface area (Å²) in [5.41, 5.74) is 1.17. The van der Waals surface area contributed by atoms with Crippen molar-refractivity contribution in [2.75, 3.05) is 36.4 Å². The average Bonchev–Trinajstić information content (AvgIpc) is 3.10. The summed E-state index contributed by atoms with van der Waals surface area (Å²) >= 11 is 0. The lowest BCUT2D eigenvalue weighted by Gasteiger charge is -2.41. The standard InChI is InChI=1S/C20H20F3N5O3/c1-12-11-27(15-4-2-13(3-5-15)20(21,22)23)6-7-28(12)17(29)10-24-14-8-16-18(25-9-14)26-19(30)31-16/h2-5,8-9,12,24H,6-7,10-11H2,1H3,(H,25,26,30)/t12-/m1/s1. The molecule has 1 amide bonds. The first kappa shape index (κ1) is 20.8. The Hall–Kier alpha value is -3.50. The highest BCUT2D eigenvalue weighted by molar-refractivity contribution is 5.82. The third-order valence-corrected chi connectivity index (χ3v) is 5.23. The predicted molar refractivity (Wildman–Crippen MR) is 108 cm³/mol. The van der Waals surface area contributed by atoms with Crippen molar-refractivity contribution in [3.05, 3.63) is 52.6 Å². The summed E-state index contributed by atoms with van der Waals surface area (Å²) in [4.78, 5) is 34.1. The Bertz CT molecular complexity index is 1140. The van der Waals surface area contributed by atoms with Crippen LogP contribution in [0, 0.1) is 0 Å². The lowest BCUT2D eigenvalue weighted by molar-refractivity contribution is -0.137. The van der Waals surface area contributed by atoms with Gasteiger partial charge in [-0.15, -0.1) is 0 Å². The van der Waals surface area contributed by atoms with Crippen LogP contribution in [0.3, 0.4) is 0 Å². The molecule has 1 aliphatic rings. The number of carbonyl (C=O) groups excluding carboxylic acids is 1. The van der Waals surface area contributed by atoms with Gasteiger partial charge in [0.1, 0.15) is 0 Å². The number of alkyl halides is 3. The molecule has 1 atom stereocenters. The summed E-state index contributed by atoms with van der Waals surface area (Å²) in [6, 6.07) is 6.51. The number of aromatic amines is 1. The molecule has 0 radical (unpaired) electrons. The number of carbonyl (C=O) groups is 1. The molecule has 0 spiro atoms. The number of aromatic nitrogens is 2. The van der Waals surface area contributed by atoms with E-state index in [0.29, 0.717) is 42.2 Å². The monoisotopic (exact) mass is 435 g/mol. The molecule has 11 heteroatoms. The SMILES string of the molecule is C[C@@H]1CN(c2ccc(C(F)(F)F)cc2)CCN1C(=O)CNc1cnc2[nH]c(=O)oc2c1. The highest BCUT2D eigenvalue weighted by Gasteiger charge is 2.31. The van der Waals surface area contributed by atoms with Crippen LogP contribution in [-0.4, -0.2) is 53.0 Å². The number of pyridine rings is 1. The third kappa shape index (κ3) is 4.49. The van der Waals surface area contributed by atoms with Gasteiger partial charge in [0.2, 0.25) is 5.91 Å². The molecule has 0 saturated carbocycles. The Morgan fingerprint density at radius 2 is 2.03 bits per heavy atom. The van der Waals surface area contributed by atoms with Crippen molar-refractivity contribution in [3.8, 4) is 0 Å². The minimum Gasteiger partial charge on any atom is -0.406 e. The smallest absolute Gasteiger partial charge is 0.406 e. The molecule has 0 unspecified atom stereocenters. The molecule has 31 heavy (non-hydrogen) atoms. The van der Waals surface area contributed by atoms with Crippen LogP contribution in [-0.2, 0) is 11.0 Å². The fourth-order valence-corrected chi connectivity index (χ4v) is 3.64. The normalized spacial score (nSPS) is 17.2. The topological polar surface area (TPSA) is 94.5 Å². The van der Waals surface area contributed by atoms with Crippen LogP contribution in [0.5, 0.6) is 0 Å². The van der Waals surface area contributed by atoms with Crippen LogP contribution >= 0.6 is 0 Å². The van der Waals surface area contributed by atoms with E-state index in [1.807, 2.05) is 11.8 Å². The zero-order valence-electron chi connectivity index (χ0n) is 16.6. The number of hydrogen-bond acceptors (Lipinski definition) is 6. The van der Waals surface area contributed by atoms with Crippen molar-refractivity contribution in [2.45, 2.75) is 19.1 Å². The second-order valence-corrected chi connectivity index (χ2v) is 7.37. The molecule has 3 heterocycles. The maximum Gasteiger partial charge on any atom is 0.418 e. The second kappa shape index (κ2) is 7.97. The molecule has 164 valence electrons.